The molecule has 0 aromatic carbocycles. The first kappa shape index (κ1) is 19.2. The molecule has 1 N–H and O–H groups in total. The van der Waals surface area contributed by atoms with E-state index >= 15 is 0 Å². The van der Waals surface area contributed by atoms with E-state index in [1.54, 1.807) is 33.8 Å². The molecule has 2 atom stereocenters. The van der Waals surface area contributed by atoms with E-state index in [4.69, 9.17) is 21.1 Å². The molecule has 2 heterocycles. The van der Waals surface area contributed by atoms with E-state index in [9.17, 15) is 9.59 Å². The van der Waals surface area contributed by atoms with E-state index in [0.29, 0.717) is 23.2 Å². The average molecular weight is 371 g/mol. The third-order valence-electron chi connectivity index (χ3n) is 3.56. The Balaban J connectivity index is 2.14. The molecule has 0 radical (unpaired) electrons. The summed E-state index contributed by atoms with van der Waals surface area (Å²) in [6.45, 7) is 7.38. The molecule has 1 saturated heterocycles. The van der Waals surface area contributed by atoms with Gasteiger partial charge in [-0.05, 0) is 33.8 Å². The molecule has 0 unspecified atom stereocenters. The summed E-state index contributed by atoms with van der Waals surface area (Å²) < 4.78 is 10.2. The van der Waals surface area contributed by atoms with Gasteiger partial charge in [-0.15, -0.1) is 0 Å². The molecule has 0 saturated carbocycles. The Bertz CT molecular complexity index is 642. The third kappa shape index (κ3) is 5.19. The number of carbonyl (C=O) groups is 2. The summed E-state index contributed by atoms with van der Waals surface area (Å²) in [5, 5.41) is 3.44. The van der Waals surface area contributed by atoms with Crippen molar-refractivity contribution < 1.29 is 19.1 Å². The summed E-state index contributed by atoms with van der Waals surface area (Å²) in [5.74, 6) is -0.136. The van der Waals surface area contributed by atoms with E-state index in [-0.39, 0.29) is 12.6 Å². The Morgan fingerprint density at radius 2 is 2.04 bits per heavy atom. The Hall–Kier alpha value is -2.09. The Morgan fingerprint density at radius 3 is 2.60 bits per heavy atom. The number of rotatable bonds is 3. The second-order valence-electron chi connectivity index (χ2n) is 6.90. The number of likely N-dealkylation sites (tertiary alicyclic amines) is 1. The van der Waals surface area contributed by atoms with Crippen molar-refractivity contribution in [2.75, 3.05) is 19.0 Å². The van der Waals surface area contributed by atoms with E-state index in [0.717, 1.165) is 0 Å². The molecule has 1 amide bonds. The molecule has 9 heteroatoms. The van der Waals surface area contributed by atoms with Gasteiger partial charge in [-0.25, -0.2) is 19.6 Å². The molecule has 1 aromatic heterocycles. The van der Waals surface area contributed by atoms with Crippen LogP contribution < -0.4 is 5.32 Å². The average Bonchev–Trinajstić information content (AvgIpc) is 2.87. The maximum absolute atomic E-state index is 12.4. The fraction of sp³-hybridized carbons (Fsp3) is 0.625. The van der Waals surface area contributed by atoms with Gasteiger partial charge in [0.1, 0.15) is 16.8 Å². The number of amides is 1. The lowest BCUT2D eigenvalue weighted by atomic mass is 10.2. The number of carbonyl (C=O) groups excluding carboxylic acids is 2. The van der Waals surface area contributed by atoms with Crippen LogP contribution in [0.15, 0.2) is 6.07 Å². The number of ether oxygens (including phenoxy) is 2. The van der Waals surface area contributed by atoms with Gasteiger partial charge in [0, 0.05) is 24.7 Å². The number of methoxy groups -OCH3 is 1. The molecule has 2 rings (SSSR count). The van der Waals surface area contributed by atoms with E-state index in [2.05, 4.69) is 15.3 Å². The maximum atomic E-state index is 12.4. The largest absolute Gasteiger partial charge is 0.467 e. The molecule has 0 aliphatic carbocycles. The molecule has 0 spiro atoms. The zero-order chi connectivity index (χ0) is 18.8. The van der Waals surface area contributed by atoms with Gasteiger partial charge < -0.3 is 14.8 Å². The number of esters is 1. The summed E-state index contributed by atoms with van der Waals surface area (Å²) in [6, 6.07) is 0.693. The van der Waals surface area contributed by atoms with Crippen molar-refractivity contribution in [3.05, 3.63) is 16.9 Å². The van der Waals surface area contributed by atoms with Crippen molar-refractivity contribution in [1.82, 2.24) is 14.9 Å². The second kappa shape index (κ2) is 7.43. The summed E-state index contributed by atoms with van der Waals surface area (Å²) in [4.78, 5) is 34.2. The summed E-state index contributed by atoms with van der Waals surface area (Å²) in [7, 11) is 1.29. The van der Waals surface area contributed by atoms with E-state index in [1.807, 2.05) is 0 Å². The van der Waals surface area contributed by atoms with Gasteiger partial charge in [0.25, 0.3) is 0 Å². The monoisotopic (exact) mass is 370 g/mol. The highest BCUT2D eigenvalue weighted by molar-refractivity contribution is 6.29. The number of hydrogen-bond acceptors (Lipinski definition) is 7. The highest BCUT2D eigenvalue weighted by atomic mass is 35.5. The smallest absolute Gasteiger partial charge is 0.411 e. The summed E-state index contributed by atoms with van der Waals surface area (Å²) in [6.07, 6.45) is -0.198. The lowest BCUT2D eigenvalue weighted by Crippen LogP contribution is -2.44. The first-order valence-corrected chi connectivity index (χ1v) is 8.32. The van der Waals surface area contributed by atoms with Crippen LogP contribution >= 0.6 is 11.6 Å². The van der Waals surface area contributed by atoms with Gasteiger partial charge in [0.2, 0.25) is 5.95 Å². The van der Waals surface area contributed by atoms with Crippen LogP contribution in [0, 0.1) is 6.92 Å². The molecule has 1 aromatic rings. The van der Waals surface area contributed by atoms with Gasteiger partial charge in [-0.2, -0.15) is 0 Å². The molecule has 1 aliphatic heterocycles. The summed E-state index contributed by atoms with van der Waals surface area (Å²) >= 11 is 5.94. The zero-order valence-corrected chi connectivity index (χ0v) is 15.8. The maximum Gasteiger partial charge on any atom is 0.411 e. The minimum absolute atomic E-state index is 0.227. The van der Waals surface area contributed by atoms with Crippen molar-refractivity contribution in [2.24, 2.45) is 0 Å². The van der Waals surface area contributed by atoms with Gasteiger partial charge in [-0.1, -0.05) is 11.6 Å². The van der Waals surface area contributed by atoms with Crippen LogP contribution in [0.1, 0.15) is 32.9 Å². The van der Waals surface area contributed by atoms with Crippen LogP contribution in [0.5, 0.6) is 0 Å². The number of halogens is 1. The fourth-order valence-corrected chi connectivity index (χ4v) is 2.84. The summed E-state index contributed by atoms with van der Waals surface area (Å²) in [5.41, 5.74) is 0.0604. The molecule has 8 nitrogen and oxygen atoms in total. The van der Waals surface area contributed by atoms with Crippen molar-refractivity contribution in [1.29, 1.82) is 0 Å². The standard InChI is InChI=1S/C16H23ClN4O4/c1-9-6-12(17)20-14(18-9)19-10-7-11(13(22)24-5)21(8-10)15(23)25-16(2,3)4/h6,10-11H,7-8H2,1-5H3,(H,18,19,20)/t10-,11-/m0/s1. The van der Waals surface area contributed by atoms with E-state index in [1.165, 1.54) is 12.0 Å². The highest BCUT2D eigenvalue weighted by Gasteiger charge is 2.42. The molecule has 0 bridgehead atoms. The molecular formula is C16H23ClN4O4. The van der Waals surface area contributed by atoms with E-state index < -0.39 is 23.7 Å². The highest BCUT2D eigenvalue weighted by Crippen LogP contribution is 2.24. The van der Waals surface area contributed by atoms with Crippen LogP contribution in [0.2, 0.25) is 5.15 Å². The first-order chi connectivity index (χ1) is 11.6. The number of aromatic nitrogens is 2. The van der Waals surface area contributed by atoms with Crippen LogP contribution in [0.4, 0.5) is 10.7 Å². The molecule has 1 aliphatic rings. The predicted molar refractivity (Wildman–Crippen MR) is 92.6 cm³/mol. The van der Waals surface area contributed by atoms with Crippen LogP contribution in [-0.4, -0.2) is 58.3 Å². The lowest BCUT2D eigenvalue weighted by molar-refractivity contribution is -0.145. The Morgan fingerprint density at radius 1 is 1.36 bits per heavy atom. The van der Waals surface area contributed by atoms with Crippen LogP contribution in [0.3, 0.4) is 0 Å². The van der Waals surface area contributed by atoms with Gasteiger partial charge in [0.15, 0.2) is 0 Å². The van der Waals surface area contributed by atoms with Crippen molar-refractivity contribution in [2.45, 2.75) is 51.8 Å². The van der Waals surface area contributed by atoms with Crippen molar-refractivity contribution in [3.63, 3.8) is 0 Å². The number of hydrogen-bond donors (Lipinski definition) is 1. The first-order valence-electron chi connectivity index (χ1n) is 7.94. The predicted octanol–water partition coefficient (Wildman–Crippen LogP) is 2.40. The normalized spacial score (nSPS) is 20.3. The lowest BCUT2D eigenvalue weighted by Gasteiger charge is -2.27. The number of nitrogens with zero attached hydrogens (tertiary/aromatic N) is 3. The Kier molecular flexibility index (Phi) is 5.72. The fourth-order valence-electron chi connectivity index (χ4n) is 2.60. The van der Waals surface area contributed by atoms with Gasteiger partial charge in [-0.3, -0.25) is 4.90 Å². The minimum Gasteiger partial charge on any atom is -0.467 e. The SMILES string of the molecule is COC(=O)[C@@H]1C[C@H](Nc2nc(C)cc(Cl)n2)CN1C(=O)OC(C)(C)C. The van der Waals surface area contributed by atoms with Gasteiger partial charge in [0.05, 0.1) is 7.11 Å². The minimum atomic E-state index is -0.724. The third-order valence-corrected chi connectivity index (χ3v) is 3.75. The number of nitrogens with one attached hydrogen (secondary N) is 1. The molecule has 138 valence electrons. The van der Waals surface area contributed by atoms with Crippen molar-refractivity contribution in [3.8, 4) is 0 Å². The molecule has 25 heavy (non-hydrogen) atoms. The number of anilines is 1. The molecular weight excluding hydrogens is 348 g/mol. The quantitative estimate of drug-likeness (QED) is 0.644. The van der Waals surface area contributed by atoms with Gasteiger partial charge >= 0.3 is 12.1 Å². The number of aryl methyl sites for hydroxylation is 1. The second-order valence-corrected chi connectivity index (χ2v) is 7.29. The zero-order valence-electron chi connectivity index (χ0n) is 15.0. The van der Waals surface area contributed by atoms with Crippen LogP contribution in [0.25, 0.3) is 0 Å². The van der Waals surface area contributed by atoms with Crippen molar-refractivity contribution >= 4 is 29.6 Å². The Labute approximate surface area is 151 Å². The van der Waals surface area contributed by atoms with Crippen LogP contribution in [-0.2, 0) is 14.3 Å². The topological polar surface area (TPSA) is 93.6 Å². The molecule has 1 fully saturated rings.